The number of nitrogens with one attached hydrogen (secondary N) is 2. The van der Waals surface area contributed by atoms with Gasteiger partial charge in [0, 0.05) is 24.7 Å². The minimum atomic E-state index is -4.62. The van der Waals surface area contributed by atoms with Crippen molar-refractivity contribution in [2.75, 3.05) is 13.1 Å². The maximum atomic E-state index is 13.1. The summed E-state index contributed by atoms with van der Waals surface area (Å²) >= 11 is 0. The minimum Gasteiger partial charge on any atom is -0.347 e. The zero-order valence-corrected chi connectivity index (χ0v) is 14.6. The van der Waals surface area contributed by atoms with Crippen molar-refractivity contribution >= 4 is 18.3 Å². The van der Waals surface area contributed by atoms with Gasteiger partial charge in [0.05, 0.1) is 5.56 Å². The van der Waals surface area contributed by atoms with Crippen molar-refractivity contribution < 1.29 is 18.0 Å². The van der Waals surface area contributed by atoms with Crippen LogP contribution in [-0.4, -0.2) is 30.0 Å². The number of alkyl halides is 3. The maximum absolute atomic E-state index is 13.1. The van der Waals surface area contributed by atoms with E-state index in [0.717, 1.165) is 11.6 Å². The van der Waals surface area contributed by atoms with E-state index in [1.54, 1.807) is 0 Å². The van der Waals surface area contributed by atoms with Gasteiger partial charge in [-0.25, -0.2) is 0 Å². The van der Waals surface area contributed by atoms with Crippen LogP contribution in [0.1, 0.15) is 34.0 Å². The summed E-state index contributed by atoms with van der Waals surface area (Å²) in [7, 11) is 0. The lowest BCUT2D eigenvalue weighted by Crippen LogP contribution is -2.48. The SMILES string of the molecule is Cl.O=C(N[C@@H]1CCNC[C@@H]1c1ccccc1)c1ncccc1C(F)(F)F. The second kappa shape index (κ2) is 8.51. The van der Waals surface area contributed by atoms with Gasteiger partial charge < -0.3 is 10.6 Å². The van der Waals surface area contributed by atoms with Crippen LogP contribution in [0.4, 0.5) is 13.2 Å². The molecule has 1 aliphatic heterocycles. The molecule has 0 radical (unpaired) electrons. The van der Waals surface area contributed by atoms with Gasteiger partial charge in [-0.15, -0.1) is 12.4 Å². The second-order valence-electron chi connectivity index (χ2n) is 5.99. The van der Waals surface area contributed by atoms with Crippen molar-refractivity contribution in [1.82, 2.24) is 15.6 Å². The smallest absolute Gasteiger partial charge is 0.347 e. The zero-order chi connectivity index (χ0) is 17.9. The first kappa shape index (κ1) is 20.2. The predicted molar refractivity (Wildman–Crippen MR) is 94.4 cm³/mol. The maximum Gasteiger partial charge on any atom is 0.418 e. The highest BCUT2D eigenvalue weighted by Crippen LogP contribution is 2.31. The predicted octanol–water partition coefficient (Wildman–Crippen LogP) is 3.40. The fourth-order valence-corrected chi connectivity index (χ4v) is 3.13. The van der Waals surface area contributed by atoms with Crippen LogP contribution in [0.5, 0.6) is 0 Å². The number of piperidine rings is 1. The van der Waals surface area contributed by atoms with Gasteiger partial charge in [-0.1, -0.05) is 30.3 Å². The van der Waals surface area contributed by atoms with Gasteiger partial charge in [-0.05, 0) is 30.7 Å². The number of hydrogen-bond donors (Lipinski definition) is 2. The van der Waals surface area contributed by atoms with Crippen molar-refractivity contribution in [2.24, 2.45) is 0 Å². The molecule has 0 saturated carbocycles. The molecule has 1 aromatic carbocycles. The third-order valence-electron chi connectivity index (χ3n) is 4.35. The summed E-state index contributed by atoms with van der Waals surface area (Å²) in [6, 6.07) is 11.4. The number of rotatable bonds is 3. The first-order chi connectivity index (χ1) is 12.0. The number of nitrogens with zero attached hydrogens (tertiary/aromatic N) is 1. The Labute approximate surface area is 155 Å². The molecule has 2 heterocycles. The van der Waals surface area contributed by atoms with Gasteiger partial charge in [0.1, 0.15) is 5.69 Å². The van der Waals surface area contributed by atoms with Crippen LogP contribution in [0, 0.1) is 0 Å². The van der Waals surface area contributed by atoms with Crippen LogP contribution in [0.2, 0.25) is 0 Å². The molecule has 2 atom stereocenters. The summed E-state index contributed by atoms with van der Waals surface area (Å²) in [5.74, 6) is -0.794. The Morgan fingerprint density at radius 1 is 1.15 bits per heavy atom. The monoisotopic (exact) mass is 385 g/mol. The number of benzene rings is 1. The van der Waals surface area contributed by atoms with E-state index in [9.17, 15) is 18.0 Å². The fourth-order valence-electron chi connectivity index (χ4n) is 3.13. The number of amides is 1. The third kappa shape index (κ3) is 4.53. The van der Waals surface area contributed by atoms with Gasteiger partial charge in [0.15, 0.2) is 0 Å². The highest BCUT2D eigenvalue weighted by Gasteiger charge is 2.37. The number of carbonyl (C=O) groups is 1. The molecule has 1 aliphatic rings. The molecule has 4 nitrogen and oxygen atoms in total. The van der Waals surface area contributed by atoms with Crippen LogP contribution in [0.25, 0.3) is 0 Å². The Morgan fingerprint density at radius 2 is 1.88 bits per heavy atom. The van der Waals surface area contributed by atoms with Gasteiger partial charge in [-0.2, -0.15) is 13.2 Å². The standard InChI is InChI=1S/C18H18F3N3O.ClH/c19-18(20,21)14-7-4-9-23-16(14)17(25)24-15-8-10-22-11-13(15)12-5-2-1-3-6-12;/h1-7,9,13,15,22H,8,10-11H2,(H,24,25);1H/t13-,15-;/m1./s1. The van der Waals surface area contributed by atoms with Crippen LogP contribution in [0.15, 0.2) is 48.7 Å². The molecule has 1 amide bonds. The molecular weight excluding hydrogens is 367 g/mol. The number of pyridine rings is 1. The van der Waals surface area contributed by atoms with Gasteiger partial charge in [0.25, 0.3) is 5.91 Å². The fraction of sp³-hybridized carbons (Fsp3) is 0.333. The normalized spacial score (nSPS) is 20.1. The van der Waals surface area contributed by atoms with Crippen LogP contribution in [-0.2, 0) is 6.18 Å². The van der Waals surface area contributed by atoms with Gasteiger partial charge >= 0.3 is 6.18 Å². The van der Waals surface area contributed by atoms with E-state index in [-0.39, 0.29) is 24.4 Å². The van der Waals surface area contributed by atoms with Crippen LogP contribution < -0.4 is 10.6 Å². The molecule has 1 aromatic heterocycles. The van der Waals surface area contributed by atoms with Gasteiger partial charge in [0.2, 0.25) is 0 Å². The largest absolute Gasteiger partial charge is 0.418 e. The summed E-state index contributed by atoms with van der Waals surface area (Å²) in [5, 5.41) is 6.02. The summed E-state index contributed by atoms with van der Waals surface area (Å²) in [5.41, 5.74) is -0.560. The van der Waals surface area contributed by atoms with E-state index in [1.807, 2.05) is 30.3 Å². The van der Waals surface area contributed by atoms with Crippen molar-refractivity contribution in [3.63, 3.8) is 0 Å². The van der Waals surface area contributed by atoms with E-state index in [1.165, 1.54) is 12.3 Å². The molecule has 8 heteroatoms. The molecule has 2 aromatic rings. The average molecular weight is 386 g/mol. The number of aromatic nitrogens is 1. The molecule has 2 N–H and O–H groups in total. The average Bonchev–Trinajstić information content (AvgIpc) is 2.62. The van der Waals surface area contributed by atoms with Crippen LogP contribution >= 0.6 is 12.4 Å². The van der Waals surface area contributed by atoms with E-state index < -0.39 is 23.3 Å². The topological polar surface area (TPSA) is 54.0 Å². The lowest BCUT2D eigenvalue weighted by atomic mass is 9.87. The molecule has 0 unspecified atom stereocenters. The summed E-state index contributed by atoms with van der Waals surface area (Å²) in [6.45, 7) is 1.35. The lowest BCUT2D eigenvalue weighted by molar-refractivity contribution is -0.138. The molecule has 1 fully saturated rings. The Morgan fingerprint density at radius 3 is 2.58 bits per heavy atom. The second-order valence-corrected chi connectivity index (χ2v) is 5.99. The zero-order valence-electron chi connectivity index (χ0n) is 13.8. The van der Waals surface area contributed by atoms with Gasteiger partial charge in [-0.3, -0.25) is 9.78 Å². The molecule has 3 rings (SSSR count). The quantitative estimate of drug-likeness (QED) is 0.851. The molecule has 140 valence electrons. The molecule has 0 spiro atoms. The number of hydrogen-bond acceptors (Lipinski definition) is 3. The molecular formula is C18H19ClF3N3O. The van der Waals surface area contributed by atoms with Crippen LogP contribution in [0.3, 0.4) is 0 Å². The van der Waals surface area contributed by atoms with E-state index in [4.69, 9.17) is 0 Å². The van der Waals surface area contributed by atoms with E-state index in [0.29, 0.717) is 19.5 Å². The molecule has 1 saturated heterocycles. The number of halogens is 4. The Kier molecular flexibility index (Phi) is 6.61. The first-order valence-corrected chi connectivity index (χ1v) is 8.05. The summed E-state index contributed by atoms with van der Waals surface area (Å²) in [4.78, 5) is 16.1. The summed E-state index contributed by atoms with van der Waals surface area (Å²) in [6.07, 6.45) is -2.78. The van der Waals surface area contributed by atoms with Crippen molar-refractivity contribution in [3.05, 3.63) is 65.5 Å². The highest BCUT2D eigenvalue weighted by atomic mass is 35.5. The summed E-state index contributed by atoms with van der Waals surface area (Å²) < 4.78 is 39.3. The Bertz CT molecular complexity index is 740. The van der Waals surface area contributed by atoms with Crippen molar-refractivity contribution in [3.8, 4) is 0 Å². The Balaban J connectivity index is 0.00000243. The Hall–Kier alpha value is -2.12. The lowest BCUT2D eigenvalue weighted by Gasteiger charge is -2.33. The number of carbonyl (C=O) groups excluding carboxylic acids is 1. The van der Waals surface area contributed by atoms with Crippen molar-refractivity contribution in [2.45, 2.75) is 24.6 Å². The molecule has 26 heavy (non-hydrogen) atoms. The third-order valence-corrected chi connectivity index (χ3v) is 4.35. The molecule has 0 aliphatic carbocycles. The minimum absolute atomic E-state index is 0. The molecule has 0 bridgehead atoms. The van der Waals surface area contributed by atoms with E-state index >= 15 is 0 Å². The first-order valence-electron chi connectivity index (χ1n) is 8.05. The van der Waals surface area contributed by atoms with E-state index in [2.05, 4.69) is 15.6 Å². The van der Waals surface area contributed by atoms with Crippen molar-refractivity contribution in [1.29, 1.82) is 0 Å². The highest BCUT2D eigenvalue weighted by molar-refractivity contribution is 5.94.